The Morgan fingerprint density at radius 3 is 2.72 bits per heavy atom. The fourth-order valence-electron chi connectivity index (χ4n) is 6.84. The zero-order chi connectivity index (χ0) is 35.3. The van der Waals surface area contributed by atoms with E-state index in [2.05, 4.69) is 23.3 Å². The van der Waals surface area contributed by atoms with Crippen LogP contribution in [0.15, 0.2) is 73.3 Å². The number of carboxylic acids is 1. The minimum absolute atomic E-state index is 0.0469. The molecule has 3 aliphatic rings. The van der Waals surface area contributed by atoms with Gasteiger partial charge in [-0.15, -0.1) is 6.58 Å². The van der Waals surface area contributed by atoms with Crippen LogP contribution in [0.2, 0.25) is 0 Å². The number of carboxylic acid groups (broad SMARTS) is 1. The highest BCUT2D eigenvalue weighted by Crippen LogP contribution is 2.45. The summed E-state index contributed by atoms with van der Waals surface area (Å²) < 4.78 is 12.1. The minimum Gasteiger partial charge on any atom is -0.488 e. The summed E-state index contributed by atoms with van der Waals surface area (Å²) >= 11 is 0. The van der Waals surface area contributed by atoms with Crippen molar-refractivity contribution in [1.29, 1.82) is 0 Å². The lowest BCUT2D eigenvalue weighted by Gasteiger charge is -2.29. The Kier molecular flexibility index (Phi) is 10.5. The van der Waals surface area contributed by atoms with Gasteiger partial charge in [-0.3, -0.25) is 9.59 Å². The molecule has 2 aliphatic heterocycles. The smallest absolute Gasteiger partial charge is 0.407 e. The van der Waals surface area contributed by atoms with Gasteiger partial charge < -0.3 is 30.1 Å². The first-order valence-corrected chi connectivity index (χ1v) is 17.5. The third-order valence-electron chi connectivity index (χ3n) is 9.78. The Morgan fingerprint density at radius 1 is 1.16 bits per heavy atom. The quantitative estimate of drug-likeness (QED) is 0.250. The van der Waals surface area contributed by atoms with Gasteiger partial charge in [0.05, 0.1) is 24.4 Å². The van der Waals surface area contributed by atoms with Crippen LogP contribution in [0.4, 0.5) is 4.79 Å². The first-order valence-electron chi connectivity index (χ1n) is 17.5. The van der Waals surface area contributed by atoms with Crippen LogP contribution in [0.5, 0.6) is 5.75 Å². The number of cyclic esters (lactones) is 1. The molecule has 1 aromatic heterocycles. The molecule has 1 aliphatic carbocycles. The number of amides is 3. The normalized spacial score (nSPS) is 26.1. The first-order chi connectivity index (χ1) is 24.2. The molecule has 262 valence electrons. The third kappa shape index (κ3) is 7.51. The Balaban J connectivity index is 1.39. The largest absolute Gasteiger partial charge is 0.488 e. The lowest BCUT2D eigenvalue weighted by Crippen LogP contribution is -2.56. The Bertz CT molecular complexity index is 1790. The number of hydrogen-bond donors (Lipinski definition) is 3. The molecule has 1 saturated heterocycles. The summed E-state index contributed by atoms with van der Waals surface area (Å²) in [6, 6.07) is 15.6. The number of carbonyl (C=O) groups is 4. The van der Waals surface area contributed by atoms with Crippen LogP contribution in [0.25, 0.3) is 28.2 Å². The van der Waals surface area contributed by atoms with Gasteiger partial charge in [0.15, 0.2) is 0 Å². The molecule has 11 nitrogen and oxygen atoms in total. The number of fused-ring (bicyclic) bond motifs is 3. The average molecular weight is 681 g/mol. The van der Waals surface area contributed by atoms with Crippen molar-refractivity contribution in [1.82, 2.24) is 20.5 Å². The van der Waals surface area contributed by atoms with Gasteiger partial charge in [-0.25, -0.2) is 14.6 Å². The second-order valence-corrected chi connectivity index (χ2v) is 13.3. The molecule has 3 aromatic rings. The number of allylic oxidation sites excluding steroid dienone is 1. The number of ether oxygens (including phenoxy) is 2. The molecule has 3 heterocycles. The summed E-state index contributed by atoms with van der Waals surface area (Å²) in [5, 5.41) is 16.3. The molecule has 3 amide bonds. The number of alkyl carbamates (subject to hydrolysis) is 1. The molecule has 0 spiro atoms. The number of nitrogens with one attached hydrogen (secondary N) is 2. The van der Waals surface area contributed by atoms with Crippen molar-refractivity contribution in [2.75, 3.05) is 13.2 Å². The lowest BCUT2D eigenvalue weighted by atomic mass is 10.1. The summed E-state index contributed by atoms with van der Waals surface area (Å²) in [6.45, 7) is 5.96. The summed E-state index contributed by atoms with van der Waals surface area (Å²) in [4.78, 5) is 59.7. The van der Waals surface area contributed by atoms with Gasteiger partial charge in [0, 0.05) is 29.4 Å². The van der Waals surface area contributed by atoms with Crippen molar-refractivity contribution in [3.8, 4) is 17.0 Å². The average Bonchev–Trinajstić information content (AvgIpc) is 3.68. The molecule has 50 heavy (non-hydrogen) atoms. The molecule has 0 unspecified atom stereocenters. The number of pyridine rings is 1. The maximum Gasteiger partial charge on any atom is 0.407 e. The van der Waals surface area contributed by atoms with Crippen LogP contribution < -0.4 is 15.4 Å². The number of rotatable bonds is 8. The molecular formula is C39H44N4O7. The maximum absolute atomic E-state index is 14.3. The van der Waals surface area contributed by atoms with E-state index in [1.807, 2.05) is 67.6 Å². The minimum atomic E-state index is -1.48. The molecule has 1 saturated carbocycles. The number of aromatic nitrogens is 1. The first kappa shape index (κ1) is 34.7. The van der Waals surface area contributed by atoms with E-state index < -0.39 is 53.5 Å². The molecule has 4 bridgehead atoms. The highest BCUT2D eigenvalue weighted by molar-refractivity contribution is 5.96. The van der Waals surface area contributed by atoms with E-state index in [-0.39, 0.29) is 26.0 Å². The van der Waals surface area contributed by atoms with Crippen molar-refractivity contribution >= 4 is 40.9 Å². The number of carbonyl (C=O) groups excluding carboxylic acids is 3. The van der Waals surface area contributed by atoms with Gasteiger partial charge in [-0.05, 0) is 49.8 Å². The van der Waals surface area contributed by atoms with E-state index in [0.717, 1.165) is 41.3 Å². The second-order valence-electron chi connectivity index (χ2n) is 13.3. The van der Waals surface area contributed by atoms with Gasteiger partial charge >= 0.3 is 12.1 Å². The van der Waals surface area contributed by atoms with Crippen molar-refractivity contribution in [2.45, 2.75) is 82.0 Å². The highest BCUT2D eigenvalue weighted by Gasteiger charge is 2.61. The SMILES string of the molecule is C=C[C@H]1C[C@]1(NC(=O)[C@@H]1C[C@@H]2CN1C(=O)[C@H](CCCC)NC(=O)OCCCC/C=C/c1ccc3nc(-c4ccccc4)cc(c3c1)O2)C(=O)O. The molecular weight excluding hydrogens is 636 g/mol. The Morgan fingerprint density at radius 2 is 1.98 bits per heavy atom. The predicted molar refractivity (Wildman–Crippen MR) is 189 cm³/mol. The Labute approximate surface area is 291 Å². The van der Waals surface area contributed by atoms with Crippen LogP contribution in [0.3, 0.4) is 0 Å². The molecule has 2 aromatic carbocycles. The number of unbranched alkanes of at least 4 members (excludes halogenated alkanes) is 1. The van der Waals surface area contributed by atoms with Crippen LogP contribution >= 0.6 is 0 Å². The van der Waals surface area contributed by atoms with E-state index in [4.69, 9.17) is 14.5 Å². The summed E-state index contributed by atoms with van der Waals surface area (Å²) in [7, 11) is 0. The van der Waals surface area contributed by atoms with Gasteiger partial charge in [-0.1, -0.05) is 74.4 Å². The fourth-order valence-corrected chi connectivity index (χ4v) is 6.84. The summed E-state index contributed by atoms with van der Waals surface area (Å²) in [6.07, 6.45) is 8.71. The van der Waals surface area contributed by atoms with Crippen LogP contribution in [0, 0.1) is 5.92 Å². The standard InChI is InChI=1S/C39H44N4O7/c1-3-5-16-31-36(45)43-24-28(21-33(43)35(44)42-39(37(46)47)23-27(39)4-2)50-34-22-32(26-14-10-8-11-15-26)40-30-18-17-25(20-29(30)34)13-9-6-7-12-19-49-38(48)41-31/h4,8-11,13-15,17-18,20,22,27-28,31,33H,2-3,5-7,12,16,19,21,23-24H2,1H3,(H,41,48)(H,42,44)(H,46,47)/b13-9+/t27-,28+,31-,33-,39+/m0/s1. The number of benzene rings is 2. The maximum atomic E-state index is 14.3. The number of aliphatic carboxylic acids is 1. The van der Waals surface area contributed by atoms with E-state index in [0.29, 0.717) is 30.7 Å². The van der Waals surface area contributed by atoms with Gasteiger partial charge in [-0.2, -0.15) is 0 Å². The lowest BCUT2D eigenvalue weighted by molar-refractivity contribution is -0.145. The van der Waals surface area contributed by atoms with Gasteiger partial charge in [0.2, 0.25) is 11.8 Å². The summed E-state index contributed by atoms with van der Waals surface area (Å²) in [5.74, 6) is -2.06. The molecule has 3 N–H and O–H groups in total. The molecule has 2 fully saturated rings. The van der Waals surface area contributed by atoms with E-state index in [1.54, 1.807) is 0 Å². The molecule has 5 atom stereocenters. The third-order valence-corrected chi connectivity index (χ3v) is 9.78. The fraction of sp³-hybridized carbons (Fsp3) is 0.410. The van der Waals surface area contributed by atoms with Crippen molar-refractivity contribution in [2.24, 2.45) is 5.92 Å². The predicted octanol–water partition coefficient (Wildman–Crippen LogP) is 5.88. The van der Waals surface area contributed by atoms with Gasteiger partial charge in [0.25, 0.3) is 0 Å². The van der Waals surface area contributed by atoms with Crippen LogP contribution in [-0.2, 0) is 19.1 Å². The van der Waals surface area contributed by atoms with Crippen LogP contribution in [0.1, 0.15) is 63.9 Å². The zero-order valence-electron chi connectivity index (χ0n) is 28.3. The van der Waals surface area contributed by atoms with E-state index >= 15 is 0 Å². The number of nitrogens with zero attached hydrogens (tertiary/aromatic N) is 2. The van der Waals surface area contributed by atoms with Crippen molar-refractivity contribution in [3.05, 3.63) is 78.9 Å². The molecule has 6 rings (SSSR count). The second kappa shape index (κ2) is 15.1. The zero-order valence-corrected chi connectivity index (χ0v) is 28.3. The van der Waals surface area contributed by atoms with Crippen molar-refractivity contribution < 1.29 is 33.8 Å². The Hall–Kier alpha value is -5.19. The summed E-state index contributed by atoms with van der Waals surface area (Å²) in [5.41, 5.74) is 1.84. The highest BCUT2D eigenvalue weighted by atomic mass is 16.5. The topological polar surface area (TPSA) is 147 Å². The van der Waals surface area contributed by atoms with Gasteiger partial charge in [0.1, 0.15) is 29.5 Å². The van der Waals surface area contributed by atoms with Crippen LogP contribution in [-0.4, -0.2) is 75.7 Å². The van der Waals surface area contributed by atoms with E-state index in [1.165, 1.54) is 11.0 Å². The number of hydrogen-bond acceptors (Lipinski definition) is 7. The monoisotopic (exact) mass is 680 g/mol. The molecule has 0 radical (unpaired) electrons. The van der Waals surface area contributed by atoms with Crippen molar-refractivity contribution in [3.63, 3.8) is 0 Å². The molecule has 11 heteroatoms. The van der Waals surface area contributed by atoms with E-state index in [9.17, 15) is 24.3 Å².